The third-order valence-corrected chi connectivity index (χ3v) is 4.11. The minimum Gasteiger partial charge on any atom is -0.383 e. The van der Waals surface area contributed by atoms with Crippen LogP contribution in [0.1, 0.15) is 12.5 Å². The second-order valence-corrected chi connectivity index (χ2v) is 6.22. The lowest BCUT2D eigenvalue weighted by Gasteiger charge is -2.19. The highest BCUT2D eigenvalue weighted by Gasteiger charge is 2.20. The van der Waals surface area contributed by atoms with Crippen LogP contribution in [0.3, 0.4) is 0 Å². The quantitative estimate of drug-likeness (QED) is 0.489. The smallest absolute Gasteiger partial charge is 0.330 e. The molecule has 156 valence electrons. The predicted octanol–water partition coefficient (Wildman–Crippen LogP) is 1.32. The molecule has 2 aromatic rings. The van der Waals surface area contributed by atoms with Gasteiger partial charge in [-0.05, 0) is 12.5 Å². The van der Waals surface area contributed by atoms with Crippen LogP contribution >= 0.6 is 0 Å². The fourth-order valence-corrected chi connectivity index (χ4v) is 2.55. The maximum Gasteiger partial charge on any atom is 0.330 e. The highest BCUT2D eigenvalue weighted by molar-refractivity contribution is 5.95. The lowest BCUT2D eigenvalue weighted by atomic mass is 10.2. The predicted molar refractivity (Wildman–Crippen MR) is 111 cm³/mol. The van der Waals surface area contributed by atoms with Gasteiger partial charge in [0.25, 0.3) is 11.5 Å². The Balaban J connectivity index is 2.39. The number of anilines is 2. The van der Waals surface area contributed by atoms with E-state index in [-0.39, 0.29) is 31.3 Å². The topological polar surface area (TPSA) is 114 Å². The maximum atomic E-state index is 12.5. The highest BCUT2D eigenvalue weighted by Crippen LogP contribution is 2.17. The molecule has 0 bridgehead atoms. The number of rotatable bonds is 11. The molecule has 2 rings (SSSR count). The van der Waals surface area contributed by atoms with Crippen molar-refractivity contribution in [2.24, 2.45) is 0 Å². The molecule has 0 spiro atoms. The number of aromatic amines is 1. The van der Waals surface area contributed by atoms with E-state index in [1.54, 1.807) is 6.92 Å². The first-order chi connectivity index (χ1) is 14.0. The Labute approximate surface area is 168 Å². The summed E-state index contributed by atoms with van der Waals surface area (Å²) in [5.41, 5.74) is -0.267. The summed E-state index contributed by atoms with van der Waals surface area (Å²) in [4.78, 5) is 39.6. The minimum atomic E-state index is -0.805. The second-order valence-electron chi connectivity index (χ2n) is 6.22. The molecular weight excluding hydrogens is 376 g/mol. The number of nitrogens with zero attached hydrogens (tertiary/aromatic N) is 1. The van der Waals surface area contributed by atoms with E-state index in [9.17, 15) is 14.4 Å². The molecule has 0 aliphatic heterocycles. The van der Waals surface area contributed by atoms with Crippen LogP contribution < -0.4 is 21.9 Å². The molecule has 0 radical (unpaired) electrons. The monoisotopic (exact) mass is 402 g/mol. The lowest BCUT2D eigenvalue weighted by molar-refractivity contribution is -0.125. The molecule has 0 saturated heterocycles. The summed E-state index contributed by atoms with van der Waals surface area (Å²) < 4.78 is 11.6. The number of benzene rings is 1. The molecule has 0 aliphatic carbocycles. The second kappa shape index (κ2) is 11.0. The first-order valence-corrected chi connectivity index (χ1v) is 9.15. The Morgan fingerprint density at radius 2 is 2.03 bits per heavy atom. The van der Waals surface area contributed by atoms with Crippen LogP contribution in [0.25, 0.3) is 0 Å². The van der Waals surface area contributed by atoms with Gasteiger partial charge in [0.1, 0.15) is 17.6 Å². The number of carbonyl (C=O) groups excluding carboxylic acids is 1. The van der Waals surface area contributed by atoms with Crippen LogP contribution in [-0.4, -0.2) is 41.9 Å². The molecule has 1 atom stereocenters. The number of hydrogen-bond donors (Lipinski definition) is 3. The third-order valence-electron chi connectivity index (χ3n) is 4.11. The number of hydrogen-bond acceptors (Lipinski definition) is 6. The number of ether oxygens (including phenoxy) is 2. The van der Waals surface area contributed by atoms with Gasteiger partial charge >= 0.3 is 5.69 Å². The Bertz CT molecular complexity index is 936. The molecule has 0 saturated carbocycles. The summed E-state index contributed by atoms with van der Waals surface area (Å²) in [6.07, 6.45) is 0.721. The van der Waals surface area contributed by atoms with Crippen LogP contribution in [0.5, 0.6) is 0 Å². The molecule has 0 aliphatic rings. The fourth-order valence-electron chi connectivity index (χ4n) is 2.55. The summed E-state index contributed by atoms with van der Waals surface area (Å²) >= 11 is 0. The van der Waals surface area contributed by atoms with Crippen LogP contribution in [0.4, 0.5) is 11.5 Å². The van der Waals surface area contributed by atoms with E-state index in [1.165, 1.54) is 17.8 Å². The minimum absolute atomic E-state index is 0.0609. The number of methoxy groups -OCH3 is 1. The van der Waals surface area contributed by atoms with Crippen molar-refractivity contribution in [2.75, 3.05) is 31.0 Å². The fraction of sp³-hybridized carbons (Fsp3) is 0.350. The van der Waals surface area contributed by atoms with E-state index < -0.39 is 23.3 Å². The highest BCUT2D eigenvalue weighted by atomic mass is 16.5. The Morgan fingerprint density at radius 1 is 1.31 bits per heavy atom. The van der Waals surface area contributed by atoms with Crippen molar-refractivity contribution in [3.63, 3.8) is 0 Å². The van der Waals surface area contributed by atoms with E-state index in [2.05, 4.69) is 22.2 Å². The van der Waals surface area contributed by atoms with Gasteiger partial charge in [-0.3, -0.25) is 19.1 Å². The summed E-state index contributed by atoms with van der Waals surface area (Å²) in [6.45, 7) is 6.00. The van der Waals surface area contributed by atoms with Crippen molar-refractivity contribution < 1.29 is 14.3 Å². The van der Waals surface area contributed by atoms with Gasteiger partial charge in [0.2, 0.25) is 0 Å². The van der Waals surface area contributed by atoms with E-state index >= 15 is 0 Å². The van der Waals surface area contributed by atoms with Crippen molar-refractivity contribution in [1.82, 2.24) is 9.55 Å². The SMILES string of the molecule is C=CCOC(C)C(=O)Nc1c(NCc2ccccc2)c(=O)[nH]c(=O)n1CCOC. The molecule has 1 aromatic carbocycles. The average Bonchev–Trinajstić information content (AvgIpc) is 2.71. The summed E-state index contributed by atoms with van der Waals surface area (Å²) in [5, 5.41) is 5.65. The molecule has 1 aromatic heterocycles. The summed E-state index contributed by atoms with van der Waals surface area (Å²) in [6, 6.07) is 9.43. The number of H-pyrrole nitrogens is 1. The number of nitrogens with one attached hydrogen (secondary N) is 3. The van der Waals surface area contributed by atoms with Gasteiger partial charge in [-0.1, -0.05) is 36.4 Å². The van der Waals surface area contributed by atoms with Gasteiger partial charge < -0.3 is 20.1 Å². The Hall–Kier alpha value is -3.17. The lowest BCUT2D eigenvalue weighted by Crippen LogP contribution is -2.38. The summed E-state index contributed by atoms with van der Waals surface area (Å²) in [5.74, 6) is -0.434. The number of carbonyl (C=O) groups is 1. The van der Waals surface area contributed by atoms with Gasteiger partial charge in [-0.25, -0.2) is 4.79 Å². The normalized spacial score (nSPS) is 11.7. The molecule has 1 amide bonds. The Morgan fingerprint density at radius 3 is 2.69 bits per heavy atom. The van der Waals surface area contributed by atoms with E-state index in [4.69, 9.17) is 9.47 Å². The molecule has 1 unspecified atom stereocenters. The van der Waals surface area contributed by atoms with E-state index in [0.717, 1.165) is 5.56 Å². The van der Waals surface area contributed by atoms with Gasteiger partial charge in [0.15, 0.2) is 0 Å². The first-order valence-electron chi connectivity index (χ1n) is 9.15. The zero-order valence-corrected chi connectivity index (χ0v) is 16.6. The standard InChI is InChI=1S/C20H26N4O5/c1-4-11-29-14(2)18(25)22-17-16(21-13-15-8-6-5-7-9-15)19(26)23-20(27)24(17)10-12-28-3/h4-9,14,21H,1,10-13H2,2-3H3,(H,22,25)(H,23,26,27). The summed E-state index contributed by atoms with van der Waals surface area (Å²) in [7, 11) is 1.49. The largest absolute Gasteiger partial charge is 0.383 e. The number of amides is 1. The third kappa shape index (κ3) is 6.16. The van der Waals surface area contributed by atoms with Crippen molar-refractivity contribution in [1.29, 1.82) is 0 Å². The molecule has 3 N–H and O–H groups in total. The van der Waals surface area contributed by atoms with Crippen LogP contribution in [0, 0.1) is 0 Å². The zero-order valence-electron chi connectivity index (χ0n) is 16.6. The van der Waals surface area contributed by atoms with E-state index in [0.29, 0.717) is 6.54 Å². The maximum absolute atomic E-state index is 12.5. The Kier molecular flexibility index (Phi) is 8.38. The molecule has 0 fully saturated rings. The van der Waals surface area contributed by atoms with Gasteiger partial charge in [0.05, 0.1) is 19.8 Å². The molecule has 9 nitrogen and oxygen atoms in total. The molecule has 1 heterocycles. The first kappa shape index (κ1) is 22.1. The van der Waals surface area contributed by atoms with Crippen LogP contribution in [0.15, 0.2) is 52.6 Å². The number of aromatic nitrogens is 2. The van der Waals surface area contributed by atoms with Crippen LogP contribution in [-0.2, 0) is 27.4 Å². The zero-order chi connectivity index (χ0) is 21.2. The molecular formula is C20H26N4O5. The molecule has 29 heavy (non-hydrogen) atoms. The van der Waals surface area contributed by atoms with Gasteiger partial charge in [-0.15, -0.1) is 6.58 Å². The van der Waals surface area contributed by atoms with Crippen molar-refractivity contribution >= 4 is 17.4 Å². The molecule has 9 heteroatoms. The van der Waals surface area contributed by atoms with E-state index in [1.807, 2.05) is 30.3 Å². The van der Waals surface area contributed by atoms with Crippen molar-refractivity contribution in [3.8, 4) is 0 Å². The average molecular weight is 402 g/mol. The van der Waals surface area contributed by atoms with Gasteiger partial charge in [0, 0.05) is 13.7 Å². The van der Waals surface area contributed by atoms with Gasteiger partial charge in [-0.2, -0.15) is 0 Å². The van der Waals surface area contributed by atoms with Crippen molar-refractivity contribution in [3.05, 3.63) is 69.4 Å². The van der Waals surface area contributed by atoms with Crippen molar-refractivity contribution in [2.45, 2.75) is 26.1 Å². The van der Waals surface area contributed by atoms with Crippen LogP contribution in [0.2, 0.25) is 0 Å².